The molecule has 2 aromatic heterocycles. The molecule has 112 valence electrons. The Bertz CT molecular complexity index is 603. The van der Waals surface area contributed by atoms with Crippen LogP contribution in [-0.4, -0.2) is 21.6 Å². The summed E-state index contributed by atoms with van der Waals surface area (Å²) in [6, 6.07) is 4.06. The Morgan fingerprint density at radius 2 is 2.00 bits per heavy atom. The fourth-order valence-electron chi connectivity index (χ4n) is 1.83. The van der Waals surface area contributed by atoms with Crippen molar-refractivity contribution in [2.75, 3.05) is 5.75 Å². The molecule has 0 radical (unpaired) electrons. The zero-order valence-electron chi connectivity index (χ0n) is 12.6. The Morgan fingerprint density at radius 3 is 2.57 bits per heavy atom. The van der Waals surface area contributed by atoms with Gasteiger partial charge in [0.05, 0.1) is 11.8 Å². The minimum absolute atomic E-state index is 0.000353. The second-order valence-corrected chi connectivity index (χ2v) is 6.82. The van der Waals surface area contributed by atoms with Crippen molar-refractivity contribution in [3.05, 3.63) is 39.3 Å². The van der Waals surface area contributed by atoms with E-state index in [4.69, 9.17) is 0 Å². The van der Waals surface area contributed by atoms with Gasteiger partial charge in [0.2, 0.25) is 5.91 Å². The van der Waals surface area contributed by atoms with Gasteiger partial charge in [0.15, 0.2) is 5.16 Å². The van der Waals surface area contributed by atoms with E-state index in [1.165, 1.54) is 11.8 Å². The van der Waals surface area contributed by atoms with Crippen molar-refractivity contribution in [3.8, 4) is 0 Å². The van der Waals surface area contributed by atoms with Gasteiger partial charge in [-0.2, -0.15) is 0 Å². The van der Waals surface area contributed by atoms with Gasteiger partial charge in [0.25, 0.3) is 0 Å². The van der Waals surface area contributed by atoms with Gasteiger partial charge >= 0.3 is 0 Å². The van der Waals surface area contributed by atoms with Gasteiger partial charge in [-0.15, -0.1) is 11.3 Å². The van der Waals surface area contributed by atoms with Crippen LogP contribution in [0.4, 0.5) is 0 Å². The van der Waals surface area contributed by atoms with Crippen molar-refractivity contribution in [2.45, 2.75) is 38.9 Å². The largest absolute Gasteiger partial charge is 0.348 e. The number of nitrogens with one attached hydrogen (secondary N) is 1. The minimum Gasteiger partial charge on any atom is -0.348 e. The van der Waals surface area contributed by atoms with Gasteiger partial charge in [-0.25, -0.2) is 9.97 Å². The Morgan fingerprint density at radius 1 is 1.33 bits per heavy atom. The molecule has 1 atom stereocenters. The van der Waals surface area contributed by atoms with Gasteiger partial charge < -0.3 is 5.32 Å². The molecule has 6 heteroatoms. The summed E-state index contributed by atoms with van der Waals surface area (Å²) < 4.78 is 0. The van der Waals surface area contributed by atoms with E-state index in [1.54, 1.807) is 11.3 Å². The molecular weight excluding hydrogens is 302 g/mol. The number of amides is 1. The Kier molecular flexibility index (Phi) is 5.36. The third-order valence-corrected chi connectivity index (χ3v) is 5.19. The zero-order chi connectivity index (χ0) is 15.4. The van der Waals surface area contributed by atoms with Crippen molar-refractivity contribution in [1.29, 1.82) is 0 Å². The van der Waals surface area contributed by atoms with Crippen molar-refractivity contribution >= 4 is 29.0 Å². The van der Waals surface area contributed by atoms with Crippen molar-refractivity contribution in [2.24, 2.45) is 0 Å². The highest BCUT2D eigenvalue weighted by Crippen LogP contribution is 2.20. The van der Waals surface area contributed by atoms with Gasteiger partial charge in [0, 0.05) is 16.3 Å². The summed E-state index contributed by atoms with van der Waals surface area (Å²) in [7, 11) is 0. The van der Waals surface area contributed by atoms with Gasteiger partial charge in [-0.05, 0) is 44.7 Å². The fraction of sp³-hybridized carbons (Fsp3) is 0.400. The predicted octanol–water partition coefficient (Wildman–Crippen LogP) is 3.43. The predicted molar refractivity (Wildman–Crippen MR) is 87.8 cm³/mol. The van der Waals surface area contributed by atoms with Crippen LogP contribution in [0.1, 0.15) is 34.8 Å². The smallest absolute Gasteiger partial charge is 0.230 e. The number of aryl methyl sites for hydroxylation is 2. The summed E-state index contributed by atoms with van der Waals surface area (Å²) in [5.41, 5.74) is 3.05. The highest BCUT2D eigenvalue weighted by Gasteiger charge is 2.12. The molecule has 0 saturated carbocycles. The first-order chi connectivity index (χ1) is 9.97. The molecule has 0 unspecified atom stereocenters. The number of aromatic nitrogens is 2. The number of thiophene rings is 1. The van der Waals surface area contributed by atoms with Crippen LogP contribution >= 0.6 is 23.1 Å². The van der Waals surface area contributed by atoms with E-state index in [-0.39, 0.29) is 11.9 Å². The molecule has 0 aliphatic rings. The molecular formula is C15H19N3OS2. The van der Waals surface area contributed by atoms with Crippen molar-refractivity contribution in [3.63, 3.8) is 0 Å². The molecule has 2 rings (SSSR count). The highest BCUT2D eigenvalue weighted by atomic mass is 32.2. The lowest BCUT2D eigenvalue weighted by Gasteiger charge is -2.12. The molecule has 0 saturated heterocycles. The molecule has 0 aliphatic heterocycles. The summed E-state index contributed by atoms with van der Waals surface area (Å²) in [5, 5.41) is 5.66. The molecule has 0 bridgehead atoms. The van der Waals surface area contributed by atoms with E-state index in [1.807, 2.05) is 45.2 Å². The minimum atomic E-state index is 0.000353. The van der Waals surface area contributed by atoms with Crippen molar-refractivity contribution < 1.29 is 4.79 Å². The van der Waals surface area contributed by atoms with E-state index < -0.39 is 0 Å². The van der Waals surface area contributed by atoms with E-state index in [9.17, 15) is 4.79 Å². The van der Waals surface area contributed by atoms with E-state index in [0.717, 1.165) is 21.8 Å². The van der Waals surface area contributed by atoms with Crippen LogP contribution in [0.15, 0.2) is 22.7 Å². The third-order valence-electron chi connectivity index (χ3n) is 3.29. The quantitative estimate of drug-likeness (QED) is 0.677. The number of carbonyl (C=O) groups is 1. The van der Waals surface area contributed by atoms with Gasteiger partial charge in [-0.3, -0.25) is 4.79 Å². The van der Waals surface area contributed by atoms with E-state index in [0.29, 0.717) is 10.9 Å². The topological polar surface area (TPSA) is 54.9 Å². The third kappa shape index (κ3) is 4.28. The first-order valence-corrected chi connectivity index (χ1v) is 8.61. The lowest BCUT2D eigenvalue weighted by atomic mass is 10.2. The molecule has 1 amide bonds. The van der Waals surface area contributed by atoms with Gasteiger partial charge in [-0.1, -0.05) is 17.8 Å². The van der Waals surface area contributed by atoms with E-state index in [2.05, 4.69) is 15.3 Å². The van der Waals surface area contributed by atoms with E-state index >= 15 is 0 Å². The van der Waals surface area contributed by atoms with Crippen LogP contribution in [0.5, 0.6) is 0 Å². The lowest BCUT2D eigenvalue weighted by molar-refractivity contribution is -0.119. The Hall–Kier alpha value is -1.40. The lowest BCUT2D eigenvalue weighted by Crippen LogP contribution is -2.27. The average Bonchev–Trinajstić information content (AvgIpc) is 2.96. The van der Waals surface area contributed by atoms with Gasteiger partial charge in [0.1, 0.15) is 0 Å². The number of hydrogen-bond donors (Lipinski definition) is 1. The second-order valence-electron chi connectivity index (χ2n) is 4.90. The summed E-state index contributed by atoms with van der Waals surface area (Å²) in [4.78, 5) is 22.0. The number of carbonyl (C=O) groups excluding carboxylic acids is 1. The second kappa shape index (κ2) is 7.04. The Labute approximate surface area is 133 Å². The SMILES string of the molecule is Cc1nc(SCC(=O)N[C@@H](C)c2cccs2)nc(C)c1C. The maximum absolute atomic E-state index is 12.0. The van der Waals surface area contributed by atoms with Crippen LogP contribution in [0.25, 0.3) is 0 Å². The molecule has 0 aromatic carbocycles. The van der Waals surface area contributed by atoms with Crippen LogP contribution in [0.3, 0.4) is 0 Å². The van der Waals surface area contributed by atoms with Crippen LogP contribution in [0, 0.1) is 20.8 Å². The molecule has 21 heavy (non-hydrogen) atoms. The Balaban J connectivity index is 1.89. The first kappa shape index (κ1) is 16.0. The normalized spacial score (nSPS) is 12.2. The maximum Gasteiger partial charge on any atom is 0.230 e. The number of rotatable bonds is 5. The molecule has 2 heterocycles. The number of hydrogen-bond acceptors (Lipinski definition) is 5. The summed E-state index contributed by atoms with van der Waals surface area (Å²) >= 11 is 3.02. The molecule has 0 aliphatic carbocycles. The summed E-state index contributed by atoms with van der Waals surface area (Å²) in [6.45, 7) is 7.93. The fourth-order valence-corrected chi connectivity index (χ4v) is 3.31. The van der Waals surface area contributed by atoms with Crippen LogP contribution in [0.2, 0.25) is 0 Å². The monoisotopic (exact) mass is 321 g/mol. The standard InChI is InChI=1S/C15H19N3OS2/c1-9-10(2)17-15(18-11(9)3)21-8-14(19)16-12(4)13-6-5-7-20-13/h5-7,12H,8H2,1-4H3,(H,16,19)/t12-/m0/s1. The molecule has 4 nitrogen and oxygen atoms in total. The maximum atomic E-state index is 12.0. The number of nitrogens with zero attached hydrogens (tertiary/aromatic N) is 2. The average molecular weight is 321 g/mol. The van der Waals surface area contributed by atoms with Crippen molar-refractivity contribution in [1.82, 2.24) is 15.3 Å². The molecule has 0 fully saturated rings. The summed E-state index contributed by atoms with van der Waals surface area (Å²) in [5.74, 6) is 0.331. The van der Waals surface area contributed by atoms with Crippen LogP contribution < -0.4 is 5.32 Å². The molecule has 2 aromatic rings. The summed E-state index contributed by atoms with van der Waals surface area (Å²) in [6.07, 6.45) is 0. The molecule has 0 spiro atoms. The van der Waals surface area contributed by atoms with Crippen LogP contribution in [-0.2, 0) is 4.79 Å². The zero-order valence-corrected chi connectivity index (χ0v) is 14.3. The molecule has 1 N–H and O–H groups in total. The highest BCUT2D eigenvalue weighted by molar-refractivity contribution is 7.99. The number of thioether (sulfide) groups is 1. The first-order valence-electron chi connectivity index (χ1n) is 6.74.